The fourth-order valence-electron chi connectivity index (χ4n) is 3.40. The molecule has 4 rings (SSSR count). The van der Waals surface area contributed by atoms with Crippen LogP contribution in [0.5, 0.6) is 0 Å². The average Bonchev–Trinajstić information content (AvgIpc) is 3.14. The molecule has 7 heteroatoms. The van der Waals surface area contributed by atoms with Crippen molar-refractivity contribution in [2.24, 2.45) is 10.7 Å². The van der Waals surface area contributed by atoms with Gasteiger partial charge in [-0.1, -0.05) is 30.3 Å². The lowest BCUT2D eigenvalue weighted by molar-refractivity contribution is -0.102. The maximum absolute atomic E-state index is 12.7. The van der Waals surface area contributed by atoms with Crippen molar-refractivity contribution >= 4 is 46.1 Å². The molecule has 0 radical (unpaired) electrons. The van der Waals surface area contributed by atoms with Crippen LogP contribution in [0, 0.1) is 5.41 Å². The lowest BCUT2D eigenvalue weighted by atomic mass is 9.99. The summed E-state index contributed by atoms with van der Waals surface area (Å²) in [4.78, 5) is 40.4. The zero-order valence-corrected chi connectivity index (χ0v) is 16.0. The molecule has 0 unspecified atom stereocenters. The molecule has 0 aromatic heterocycles. The first-order valence-corrected chi connectivity index (χ1v) is 9.29. The Kier molecular flexibility index (Phi) is 4.93. The molecule has 0 atom stereocenters. The van der Waals surface area contributed by atoms with Gasteiger partial charge in [0.2, 0.25) is 0 Å². The number of nitrogens with two attached hydrogens (primary N) is 1. The number of anilines is 1. The molecular formula is C23H18N4O3. The zero-order chi connectivity index (χ0) is 21.3. The summed E-state index contributed by atoms with van der Waals surface area (Å²) in [5.41, 5.74) is 8.38. The number of benzene rings is 3. The topological polar surface area (TPSA) is 117 Å². The van der Waals surface area contributed by atoms with Gasteiger partial charge in [-0.25, -0.2) is 4.79 Å². The number of nitrogens with zero attached hydrogens (tertiary/aromatic N) is 2. The van der Waals surface area contributed by atoms with E-state index in [9.17, 15) is 14.4 Å². The maximum atomic E-state index is 12.7. The minimum absolute atomic E-state index is 0.0178. The fourth-order valence-corrected chi connectivity index (χ4v) is 3.40. The highest BCUT2D eigenvalue weighted by Crippen LogP contribution is 2.22. The van der Waals surface area contributed by atoms with E-state index in [1.54, 1.807) is 30.3 Å². The molecule has 0 fully saturated rings. The van der Waals surface area contributed by atoms with Gasteiger partial charge in [0.15, 0.2) is 12.1 Å². The normalized spacial score (nSPS) is 13.4. The number of aldehydes is 1. The molecule has 3 aromatic carbocycles. The van der Waals surface area contributed by atoms with Gasteiger partial charge in [0.05, 0.1) is 6.54 Å². The Morgan fingerprint density at radius 1 is 1.03 bits per heavy atom. The van der Waals surface area contributed by atoms with Gasteiger partial charge in [-0.15, -0.1) is 0 Å². The van der Waals surface area contributed by atoms with Crippen LogP contribution in [0.3, 0.4) is 0 Å². The van der Waals surface area contributed by atoms with Crippen molar-refractivity contribution < 1.29 is 14.4 Å². The standard InChI is InChI=1S/C23H18N4O3/c24-22(25)18-4-3-16-9-14(1-2-17(16)11-18)10-21(29)15-5-7-20(8-6-15)27-12-19(13-28)26-23(27)30/h1-9,11,13H,10,12H2,(H3,24,25). The van der Waals surface area contributed by atoms with Crippen LogP contribution in [0.2, 0.25) is 0 Å². The first kappa shape index (κ1) is 19.2. The van der Waals surface area contributed by atoms with Crippen LogP contribution in [-0.2, 0) is 11.2 Å². The van der Waals surface area contributed by atoms with E-state index in [2.05, 4.69) is 4.99 Å². The third kappa shape index (κ3) is 3.73. The number of amides is 2. The molecule has 2 amide bonds. The van der Waals surface area contributed by atoms with Gasteiger partial charge in [-0.05, 0) is 46.7 Å². The number of carbonyl (C=O) groups excluding carboxylic acids is 3. The predicted octanol–water partition coefficient (Wildman–Crippen LogP) is 3.13. The number of amidine groups is 1. The van der Waals surface area contributed by atoms with Crippen LogP contribution in [-0.4, -0.2) is 36.2 Å². The van der Waals surface area contributed by atoms with Crippen LogP contribution in [0.4, 0.5) is 10.5 Å². The molecule has 1 aliphatic rings. The van der Waals surface area contributed by atoms with E-state index in [0.29, 0.717) is 23.1 Å². The van der Waals surface area contributed by atoms with Crippen LogP contribution in [0.1, 0.15) is 21.5 Å². The number of nitrogen functional groups attached to an aromatic ring is 1. The Morgan fingerprint density at radius 3 is 2.37 bits per heavy atom. The van der Waals surface area contributed by atoms with Gasteiger partial charge in [0.1, 0.15) is 11.5 Å². The molecular weight excluding hydrogens is 380 g/mol. The van der Waals surface area contributed by atoms with E-state index in [1.165, 1.54) is 4.90 Å². The Hall–Kier alpha value is -4.13. The summed E-state index contributed by atoms with van der Waals surface area (Å²) in [6.45, 7) is 0.137. The predicted molar refractivity (Wildman–Crippen MR) is 116 cm³/mol. The third-order valence-corrected chi connectivity index (χ3v) is 5.01. The van der Waals surface area contributed by atoms with E-state index >= 15 is 0 Å². The Bertz CT molecular complexity index is 1230. The van der Waals surface area contributed by atoms with Crippen LogP contribution in [0.15, 0.2) is 65.7 Å². The van der Waals surface area contributed by atoms with Crippen LogP contribution >= 0.6 is 0 Å². The number of ketones is 1. The highest BCUT2D eigenvalue weighted by molar-refractivity contribution is 6.36. The number of rotatable bonds is 6. The lowest BCUT2D eigenvalue weighted by Crippen LogP contribution is -2.26. The molecule has 0 saturated carbocycles. The molecule has 148 valence electrons. The molecule has 30 heavy (non-hydrogen) atoms. The second kappa shape index (κ2) is 7.71. The quantitative estimate of drug-likeness (QED) is 0.287. The Morgan fingerprint density at radius 2 is 1.70 bits per heavy atom. The van der Waals surface area contributed by atoms with E-state index in [1.807, 2.05) is 30.3 Å². The lowest BCUT2D eigenvalue weighted by Gasteiger charge is -2.14. The molecule has 0 aliphatic carbocycles. The molecule has 0 spiro atoms. The SMILES string of the molecule is N=C(N)c1ccc2cc(CC(=O)c3ccc(N4CC(C=O)=NC4=O)cc3)ccc2c1. The number of fused-ring (bicyclic) bond motifs is 1. The van der Waals surface area contributed by atoms with Crippen molar-refractivity contribution in [3.63, 3.8) is 0 Å². The van der Waals surface area contributed by atoms with Gasteiger partial charge in [0.25, 0.3) is 0 Å². The Labute approximate surface area is 172 Å². The van der Waals surface area contributed by atoms with Crippen LogP contribution < -0.4 is 10.6 Å². The number of Topliss-reactive ketones (excluding diaryl/α,β-unsaturated/α-hetero) is 1. The molecule has 3 N–H and O–H groups in total. The summed E-state index contributed by atoms with van der Waals surface area (Å²) in [7, 11) is 0. The third-order valence-electron chi connectivity index (χ3n) is 5.01. The largest absolute Gasteiger partial charge is 0.384 e. The molecule has 0 bridgehead atoms. The van der Waals surface area contributed by atoms with Gasteiger partial charge in [0, 0.05) is 23.2 Å². The first-order chi connectivity index (χ1) is 14.4. The van der Waals surface area contributed by atoms with Gasteiger partial charge in [-0.3, -0.25) is 19.9 Å². The van der Waals surface area contributed by atoms with Crippen molar-refractivity contribution in [2.45, 2.75) is 6.42 Å². The minimum atomic E-state index is -0.486. The van der Waals surface area contributed by atoms with Crippen molar-refractivity contribution in [3.05, 3.63) is 77.4 Å². The average molecular weight is 398 g/mol. The molecule has 3 aromatic rings. The zero-order valence-electron chi connectivity index (χ0n) is 16.0. The number of carbonyl (C=O) groups is 3. The maximum Gasteiger partial charge on any atom is 0.348 e. The monoisotopic (exact) mass is 398 g/mol. The summed E-state index contributed by atoms with van der Waals surface area (Å²) in [5.74, 6) is -0.0250. The van der Waals surface area contributed by atoms with Crippen molar-refractivity contribution in [1.29, 1.82) is 5.41 Å². The summed E-state index contributed by atoms with van der Waals surface area (Å²) >= 11 is 0. The molecule has 7 nitrogen and oxygen atoms in total. The van der Waals surface area contributed by atoms with E-state index in [4.69, 9.17) is 11.1 Å². The van der Waals surface area contributed by atoms with Gasteiger partial charge in [-0.2, -0.15) is 4.99 Å². The second-order valence-corrected chi connectivity index (χ2v) is 7.05. The first-order valence-electron chi connectivity index (χ1n) is 9.29. The fraction of sp³-hybridized carbons (Fsp3) is 0.0870. The molecule has 1 heterocycles. The van der Waals surface area contributed by atoms with Crippen molar-refractivity contribution in [3.8, 4) is 0 Å². The van der Waals surface area contributed by atoms with Gasteiger partial charge >= 0.3 is 6.03 Å². The second-order valence-electron chi connectivity index (χ2n) is 7.05. The highest BCUT2D eigenvalue weighted by atomic mass is 16.2. The molecule has 0 saturated heterocycles. The number of aliphatic imine (C=N–C) groups is 1. The highest BCUT2D eigenvalue weighted by Gasteiger charge is 2.24. The summed E-state index contributed by atoms with van der Waals surface area (Å²) in [6.07, 6.45) is 0.811. The smallest absolute Gasteiger partial charge is 0.348 e. The number of urea groups is 1. The number of nitrogens with one attached hydrogen (secondary N) is 1. The van der Waals surface area contributed by atoms with Crippen molar-refractivity contribution in [2.75, 3.05) is 11.4 Å². The summed E-state index contributed by atoms with van der Waals surface area (Å²) < 4.78 is 0. The minimum Gasteiger partial charge on any atom is -0.384 e. The number of hydrogen-bond donors (Lipinski definition) is 2. The van der Waals surface area contributed by atoms with E-state index < -0.39 is 6.03 Å². The van der Waals surface area contributed by atoms with E-state index in [0.717, 1.165) is 16.3 Å². The van der Waals surface area contributed by atoms with E-state index in [-0.39, 0.29) is 30.3 Å². The Balaban J connectivity index is 1.48. The van der Waals surface area contributed by atoms with Gasteiger partial charge < -0.3 is 5.73 Å². The summed E-state index contributed by atoms with van der Waals surface area (Å²) in [6, 6.07) is 17.5. The number of hydrogen-bond acceptors (Lipinski definition) is 4. The summed E-state index contributed by atoms with van der Waals surface area (Å²) in [5, 5.41) is 9.46. The van der Waals surface area contributed by atoms with Crippen LogP contribution in [0.25, 0.3) is 10.8 Å². The molecule has 1 aliphatic heterocycles. The van der Waals surface area contributed by atoms with Crippen molar-refractivity contribution in [1.82, 2.24) is 0 Å².